The van der Waals surface area contributed by atoms with Crippen molar-refractivity contribution in [3.63, 3.8) is 0 Å². The van der Waals surface area contributed by atoms with E-state index in [-0.39, 0.29) is 60.4 Å². The van der Waals surface area contributed by atoms with Crippen LogP contribution in [0.15, 0.2) is 6.07 Å². The van der Waals surface area contributed by atoms with Gasteiger partial charge in [0.2, 0.25) is 5.75 Å². The van der Waals surface area contributed by atoms with Crippen LogP contribution < -0.4 is 0 Å². The summed E-state index contributed by atoms with van der Waals surface area (Å²) in [7, 11) is 0. The predicted octanol–water partition coefficient (Wildman–Crippen LogP) is -0.383. The number of hydrogen-bond donors (Lipinski definition) is 2. The molecule has 1 rings (SSSR count). The van der Waals surface area contributed by atoms with E-state index < -0.39 is 43.3 Å². The molecule has 0 spiro atoms. The van der Waals surface area contributed by atoms with Gasteiger partial charge in [-0.1, -0.05) is 0 Å². The van der Waals surface area contributed by atoms with Crippen LogP contribution in [-0.4, -0.2) is 79.3 Å². The van der Waals surface area contributed by atoms with Gasteiger partial charge in [-0.25, -0.2) is 0 Å². The molecule has 0 saturated carbocycles. The molecule has 19 heavy (non-hydrogen) atoms. The zero-order chi connectivity index (χ0) is 13.3. The fourth-order valence-corrected chi connectivity index (χ4v) is 1.12. The zero-order valence-electron chi connectivity index (χ0n) is 8.97. The van der Waals surface area contributed by atoms with E-state index in [9.17, 15) is 35.4 Å². The van der Waals surface area contributed by atoms with Gasteiger partial charge in [0.05, 0.1) is 20.8 Å². The van der Waals surface area contributed by atoms with E-state index in [1.807, 2.05) is 0 Å². The van der Waals surface area contributed by atoms with Gasteiger partial charge in [0.1, 0.15) is 0 Å². The number of hydrogen-bond acceptors (Lipinski definition) is 8. The third-order valence-electron chi connectivity index (χ3n) is 1.77. The molecule has 0 fully saturated rings. The maximum Gasteiger partial charge on any atom is 0.394 e. The molecule has 4 N–H and O–H groups in total. The first-order valence-corrected chi connectivity index (χ1v) is 3.79. The monoisotopic (exact) mass is 401 g/mol. The van der Waals surface area contributed by atoms with Crippen LogP contribution in [-0.2, 0) is 0 Å². The summed E-state index contributed by atoms with van der Waals surface area (Å²) in [5.74, 6) is -2.79. The van der Waals surface area contributed by atoms with E-state index in [0.717, 1.165) is 0 Å². The molecule has 0 aliphatic carbocycles. The second-order valence-corrected chi connectivity index (χ2v) is 2.73. The Morgan fingerprint density at radius 3 is 1.63 bits per heavy atom. The summed E-state index contributed by atoms with van der Waals surface area (Å²) in [6.45, 7) is 0. The smallest absolute Gasteiger partial charge is 0.394 e. The van der Waals surface area contributed by atoms with Crippen LogP contribution in [0.25, 0.3) is 0 Å². The Hall–Kier alpha value is -1.45. The van der Waals surface area contributed by atoms with Gasteiger partial charge in [-0.2, -0.15) is 0 Å². The van der Waals surface area contributed by atoms with Crippen molar-refractivity contribution in [3.8, 4) is 11.5 Å². The van der Waals surface area contributed by atoms with Gasteiger partial charge in [0, 0.05) is 48.9 Å². The van der Waals surface area contributed by atoms with Gasteiger partial charge < -0.3 is 15.7 Å². The topological polar surface area (TPSA) is 201 Å². The maximum atomic E-state index is 10.5. The van der Waals surface area contributed by atoms with Gasteiger partial charge in [-0.3, -0.25) is 30.3 Å². The number of nitro groups is 3. The third-order valence-corrected chi connectivity index (χ3v) is 1.77. The van der Waals surface area contributed by atoms with Crippen LogP contribution in [0.5, 0.6) is 11.5 Å². The van der Waals surface area contributed by atoms with E-state index in [2.05, 4.69) is 0 Å². The Morgan fingerprint density at radius 2 is 1.32 bits per heavy atom. The minimum atomic E-state index is -1.56. The van der Waals surface area contributed by atoms with Gasteiger partial charge in [0.25, 0.3) is 5.75 Å². The van der Waals surface area contributed by atoms with Crippen LogP contribution in [0, 0.1) is 30.3 Å². The summed E-state index contributed by atoms with van der Waals surface area (Å²) in [5.41, 5.74) is -4.04. The summed E-state index contributed by atoms with van der Waals surface area (Å²) >= 11 is 0. The van der Waals surface area contributed by atoms with Crippen LogP contribution in [0.2, 0.25) is 0 Å². The van der Waals surface area contributed by atoms with Crippen molar-refractivity contribution in [1.29, 1.82) is 0 Å². The second-order valence-electron chi connectivity index (χ2n) is 2.73. The van der Waals surface area contributed by atoms with Gasteiger partial charge >= 0.3 is 17.1 Å². The molecule has 2 radical (unpaired) electrons. The van der Waals surface area contributed by atoms with Crippen molar-refractivity contribution in [2.75, 3.05) is 0 Å². The normalized spacial score (nSPS) is 8.84. The number of nitro benzene ring substituents is 3. The van der Waals surface area contributed by atoms with Crippen molar-refractivity contribution < 1.29 is 30.5 Å². The number of nitrogens with zero attached hydrogens (tertiary/aromatic N) is 3. The minimum absolute atomic E-state index is 0. The summed E-state index contributed by atoms with van der Waals surface area (Å²) in [6.07, 6.45) is 0. The molecule has 1 aromatic rings. The summed E-state index contributed by atoms with van der Waals surface area (Å²) in [6, 6.07) is 0.232. The van der Waals surface area contributed by atoms with Gasteiger partial charge in [-0.05, 0) is 0 Å². The molecule has 13 heteroatoms. The quantitative estimate of drug-likeness (QED) is 0.388. The Bertz CT molecular complexity index is 545. The number of aromatic hydroxyl groups is 2. The number of benzene rings is 1. The summed E-state index contributed by atoms with van der Waals surface area (Å²) in [5, 5.41) is 49.5. The van der Waals surface area contributed by atoms with E-state index in [1.54, 1.807) is 0 Å². The molecule has 100 valence electrons. The second kappa shape index (κ2) is 7.22. The molecular weight excluding hydrogens is 395 g/mol. The van der Waals surface area contributed by atoms with Crippen molar-refractivity contribution in [2.45, 2.75) is 0 Å². The third kappa shape index (κ3) is 3.75. The molecule has 12 nitrogen and oxygen atoms in total. The number of phenols is 2. The summed E-state index contributed by atoms with van der Waals surface area (Å²) < 4.78 is 0. The fourth-order valence-electron chi connectivity index (χ4n) is 1.12. The first-order valence-electron chi connectivity index (χ1n) is 3.79. The van der Waals surface area contributed by atoms with Crippen LogP contribution in [0.4, 0.5) is 17.1 Å². The van der Waals surface area contributed by atoms with E-state index in [0.29, 0.717) is 0 Å². The molecule has 0 unspecified atom stereocenters. The molecule has 0 aliphatic rings. The Kier molecular flexibility index (Phi) is 7.55. The molecule has 0 amide bonds. The first-order chi connectivity index (χ1) is 7.77. The molecule has 0 heterocycles. The predicted molar refractivity (Wildman–Crippen MR) is 59.1 cm³/mol. The van der Waals surface area contributed by atoms with E-state index in [4.69, 9.17) is 5.11 Å². The minimum Gasteiger partial charge on any atom is -0.502 e. The van der Waals surface area contributed by atoms with Crippen molar-refractivity contribution >= 4 is 65.9 Å². The fraction of sp³-hybridized carbons (Fsp3) is 0. The Balaban J connectivity index is 0. The van der Waals surface area contributed by atoms with Crippen LogP contribution >= 0.6 is 0 Å². The van der Waals surface area contributed by atoms with Crippen LogP contribution in [0.3, 0.4) is 0 Å². The molecule has 0 atom stereocenters. The standard InChI is InChI=1S/C6H3N3O8.Ba.H2O/c10-3-1-2(7(12)13)4(8(14)15)6(11)5(3)9(16)17;;/h1,10-11H;;1H2. The van der Waals surface area contributed by atoms with Crippen molar-refractivity contribution in [2.24, 2.45) is 0 Å². The molecule has 0 bridgehead atoms. The molecular formula is C6H5BaN3O9. The molecule has 1 aromatic carbocycles. The average Bonchev–Trinajstić information content (AvgIpc) is 2.14. The molecule has 0 aromatic heterocycles. The average molecular weight is 400 g/mol. The molecule has 0 saturated heterocycles. The zero-order valence-corrected chi connectivity index (χ0v) is 13.4. The Labute approximate surface area is 143 Å². The van der Waals surface area contributed by atoms with E-state index in [1.165, 1.54) is 0 Å². The summed E-state index contributed by atoms with van der Waals surface area (Å²) in [4.78, 5) is 27.4. The molecule has 0 aliphatic heterocycles. The maximum absolute atomic E-state index is 10.5. The van der Waals surface area contributed by atoms with Crippen molar-refractivity contribution in [1.82, 2.24) is 0 Å². The number of phenolic OH excluding ortho intramolecular Hbond substituents is 2. The van der Waals surface area contributed by atoms with Gasteiger partial charge in [-0.15, -0.1) is 0 Å². The van der Waals surface area contributed by atoms with Crippen LogP contribution in [0.1, 0.15) is 0 Å². The first kappa shape index (κ1) is 19.9. The number of rotatable bonds is 3. The Morgan fingerprint density at radius 1 is 0.895 bits per heavy atom. The van der Waals surface area contributed by atoms with E-state index >= 15 is 0 Å². The van der Waals surface area contributed by atoms with Crippen molar-refractivity contribution in [3.05, 3.63) is 36.4 Å². The van der Waals surface area contributed by atoms with Gasteiger partial charge in [0.15, 0.2) is 0 Å². The largest absolute Gasteiger partial charge is 0.502 e. The SMILES string of the molecule is O.O=[N+]([O-])c1cc(O)c([N+](=O)[O-])c(O)c1[N+](=O)[O-].[Ba].